The van der Waals surface area contributed by atoms with Crippen molar-refractivity contribution >= 4 is 27.2 Å². The van der Waals surface area contributed by atoms with Crippen molar-refractivity contribution in [3.8, 4) is 17.0 Å². The summed E-state index contributed by atoms with van der Waals surface area (Å²) in [4.78, 5) is 11.1. The molecular weight excluding hydrogens is 456 g/mol. The van der Waals surface area contributed by atoms with E-state index in [1.165, 1.54) is 32.1 Å². The van der Waals surface area contributed by atoms with Gasteiger partial charge >= 0.3 is 0 Å². The van der Waals surface area contributed by atoms with Crippen LogP contribution in [0.25, 0.3) is 16.2 Å². The molecule has 2 aromatic heterocycles. The number of fused-ring (bicyclic) bond motifs is 1. The molecular formula is C27H40N6OS. The summed E-state index contributed by atoms with van der Waals surface area (Å²) in [5.74, 6) is 1.83. The highest BCUT2D eigenvalue weighted by Crippen LogP contribution is 2.36. The predicted octanol–water partition coefficient (Wildman–Crippen LogP) is 5.91. The van der Waals surface area contributed by atoms with Gasteiger partial charge in [-0.2, -0.15) is 4.52 Å². The zero-order valence-electron chi connectivity index (χ0n) is 21.9. The fourth-order valence-electron chi connectivity index (χ4n) is 5.22. The van der Waals surface area contributed by atoms with Gasteiger partial charge in [-0.15, -0.1) is 5.10 Å². The minimum atomic E-state index is -0.110. The van der Waals surface area contributed by atoms with Crippen molar-refractivity contribution in [1.82, 2.24) is 19.5 Å². The van der Waals surface area contributed by atoms with Crippen LogP contribution in [0.4, 0.5) is 10.9 Å². The predicted molar refractivity (Wildman–Crippen MR) is 146 cm³/mol. The second-order valence-electron chi connectivity index (χ2n) is 11.3. The molecule has 5 rings (SSSR count). The van der Waals surface area contributed by atoms with E-state index >= 15 is 0 Å². The third-order valence-electron chi connectivity index (χ3n) is 6.86. The first-order valence-electron chi connectivity index (χ1n) is 13.2. The zero-order chi connectivity index (χ0) is 24.6. The summed E-state index contributed by atoms with van der Waals surface area (Å²) in [6.07, 6.45) is 7.12. The van der Waals surface area contributed by atoms with Gasteiger partial charge in [0.2, 0.25) is 10.1 Å². The fraction of sp³-hybridized carbons (Fsp3) is 0.630. The summed E-state index contributed by atoms with van der Waals surface area (Å²) >= 11 is 1.69. The Morgan fingerprint density at radius 1 is 1.00 bits per heavy atom. The zero-order valence-corrected chi connectivity index (χ0v) is 22.7. The Morgan fingerprint density at radius 3 is 2.31 bits per heavy atom. The van der Waals surface area contributed by atoms with Crippen LogP contribution in [0, 0.1) is 0 Å². The van der Waals surface area contributed by atoms with E-state index in [1.807, 2.05) is 30.5 Å². The molecule has 1 aromatic carbocycles. The second-order valence-corrected chi connectivity index (χ2v) is 12.2. The van der Waals surface area contributed by atoms with E-state index in [9.17, 15) is 0 Å². The molecule has 190 valence electrons. The standard InChI is InChI=1S/C27H40N6OS/c1-19(2)34-22-13-11-20(12-14-22)23-24(29-27(3,4)5)33-25(28-23)35-26(30-33)32-17-15-31(16-18-32)21-9-7-6-8-10-21/h11-14,19,21,29H,6-10,15-18H2,1-5H3. The molecule has 0 unspecified atom stereocenters. The fourth-order valence-corrected chi connectivity index (χ4v) is 6.18. The maximum Gasteiger partial charge on any atom is 0.216 e. The average Bonchev–Trinajstić information content (AvgIpc) is 3.38. The lowest BCUT2D eigenvalue weighted by molar-refractivity contribution is 0.148. The average molecular weight is 497 g/mol. The van der Waals surface area contributed by atoms with Crippen LogP contribution in [0.3, 0.4) is 0 Å². The summed E-state index contributed by atoms with van der Waals surface area (Å²) in [7, 11) is 0. The van der Waals surface area contributed by atoms with Crippen molar-refractivity contribution in [3.05, 3.63) is 24.3 Å². The molecule has 2 fully saturated rings. The van der Waals surface area contributed by atoms with Gasteiger partial charge in [0, 0.05) is 43.3 Å². The van der Waals surface area contributed by atoms with Crippen LogP contribution in [0.2, 0.25) is 0 Å². The van der Waals surface area contributed by atoms with E-state index in [0.717, 1.165) is 65.1 Å². The molecule has 1 aliphatic heterocycles. The van der Waals surface area contributed by atoms with E-state index < -0.39 is 0 Å². The van der Waals surface area contributed by atoms with Crippen molar-refractivity contribution in [1.29, 1.82) is 0 Å². The number of hydrogen-bond acceptors (Lipinski definition) is 7. The molecule has 1 saturated carbocycles. The van der Waals surface area contributed by atoms with E-state index in [-0.39, 0.29) is 11.6 Å². The van der Waals surface area contributed by atoms with Crippen LogP contribution >= 0.6 is 11.3 Å². The summed E-state index contributed by atoms with van der Waals surface area (Å²) < 4.78 is 7.83. The SMILES string of the molecule is CC(C)Oc1ccc(-c2nc3sc(N4CCN(C5CCCCC5)CC4)nn3c2NC(C)(C)C)cc1. The van der Waals surface area contributed by atoms with Crippen LogP contribution in [0.5, 0.6) is 5.75 Å². The summed E-state index contributed by atoms with van der Waals surface area (Å²) in [6, 6.07) is 9.01. The first kappa shape index (κ1) is 24.4. The summed E-state index contributed by atoms with van der Waals surface area (Å²) in [5.41, 5.74) is 1.89. The van der Waals surface area contributed by atoms with E-state index in [2.05, 4.69) is 48.0 Å². The van der Waals surface area contributed by atoms with Crippen molar-refractivity contribution in [3.63, 3.8) is 0 Å². The third-order valence-corrected chi connectivity index (χ3v) is 7.83. The molecule has 0 radical (unpaired) electrons. The number of benzene rings is 1. The maximum atomic E-state index is 5.83. The Balaban J connectivity index is 1.38. The highest BCUT2D eigenvalue weighted by Gasteiger charge is 2.28. The molecule has 0 amide bonds. The van der Waals surface area contributed by atoms with E-state index in [0.29, 0.717) is 0 Å². The quantitative estimate of drug-likeness (QED) is 0.458. The highest BCUT2D eigenvalue weighted by atomic mass is 32.1. The topological polar surface area (TPSA) is 57.9 Å². The maximum absolute atomic E-state index is 5.83. The van der Waals surface area contributed by atoms with Crippen molar-refractivity contribution in [2.45, 2.75) is 84.4 Å². The molecule has 7 nitrogen and oxygen atoms in total. The van der Waals surface area contributed by atoms with Gasteiger partial charge in [-0.3, -0.25) is 4.90 Å². The highest BCUT2D eigenvalue weighted by molar-refractivity contribution is 7.20. The molecule has 1 saturated heterocycles. The Labute approximate surface area is 213 Å². The number of ether oxygens (including phenoxy) is 1. The molecule has 1 N–H and O–H groups in total. The Bertz CT molecular complexity index is 1120. The van der Waals surface area contributed by atoms with Gasteiger partial charge in [0.05, 0.1) is 6.10 Å². The summed E-state index contributed by atoms with van der Waals surface area (Å²) in [5, 5.41) is 9.79. The number of aromatic nitrogens is 3. The minimum Gasteiger partial charge on any atom is -0.491 e. The number of hydrogen-bond donors (Lipinski definition) is 1. The molecule has 0 atom stereocenters. The van der Waals surface area contributed by atoms with Gasteiger partial charge in [-0.1, -0.05) is 30.6 Å². The number of piperazine rings is 1. The van der Waals surface area contributed by atoms with Crippen LogP contribution in [-0.2, 0) is 0 Å². The molecule has 8 heteroatoms. The van der Waals surface area contributed by atoms with Crippen molar-refractivity contribution in [2.75, 3.05) is 36.4 Å². The lowest BCUT2D eigenvalue weighted by Crippen LogP contribution is -2.50. The lowest BCUT2D eigenvalue weighted by Gasteiger charge is -2.40. The van der Waals surface area contributed by atoms with Crippen LogP contribution < -0.4 is 15.0 Å². The number of anilines is 2. The van der Waals surface area contributed by atoms with Gasteiger partial charge in [0.1, 0.15) is 11.4 Å². The first-order chi connectivity index (χ1) is 16.8. The summed E-state index contributed by atoms with van der Waals surface area (Å²) in [6.45, 7) is 15.0. The molecule has 3 aromatic rings. The minimum absolute atomic E-state index is 0.110. The molecule has 2 aliphatic rings. The number of nitrogens with one attached hydrogen (secondary N) is 1. The number of rotatable bonds is 6. The molecule has 0 bridgehead atoms. The Kier molecular flexibility index (Phi) is 6.95. The monoisotopic (exact) mass is 496 g/mol. The molecule has 0 spiro atoms. The largest absolute Gasteiger partial charge is 0.491 e. The molecule has 35 heavy (non-hydrogen) atoms. The van der Waals surface area contributed by atoms with Gasteiger partial charge in [-0.05, 0) is 71.7 Å². The first-order valence-corrected chi connectivity index (χ1v) is 14.0. The van der Waals surface area contributed by atoms with Gasteiger partial charge in [-0.25, -0.2) is 4.98 Å². The lowest BCUT2D eigenvalue weighted by atomic mass is 9.94. The van der Waals surface area contributed by atoms with E-state index in [4.69, 9.17) is 14.8 Å². The van der Waals surface area contributed by atoms with Gasteiger partial charge in [0.25, 0.3) is 0 Å². The van der Waals surface area contributed by atoms with Crippen molar-refractivity contribution in [2.24, 2.45) is 0 Å². The number of nitrogens with zero attached hydrogens (tertiary/aromatic N) is 5. The normalized spacial score (nSPS) is 18.5. The van der Waals surface area contributed by atoms with Crippen LogP contribution in [0.15, 0.2) is 24.3 Å². The second kappa shape index (κ2) is 9.97. The van der Waals surface area contributed by atoms with Gasteiger partial charge in [0.15, 0.2) is 5.82 Å². The Morgan fingerprint density at radius 2 is 1.69 bits per heavy atom. The number of imidazole rings is 1. The van der Waals surface area contributed by atoms with Crippen molar-refractivity contribution < 1.29 is 4.74 Å². The van der Waals surface area contributed by atoms with E-state index in [1.54, 1.807) is 11.3 Å². The van der Waals surface area contributed by atoms with Crippen LogP contribution in [0.1, 0.15) is 66.7 Å². The molecule has 3 heterocycles. The third kappa shape index (κ3) is 5.59. The van der Waals surface area contributed by atoms with Crippen LogP contribution in [-0.4, -0.2) is 63.4 Å². The smallest absolute Gasteiger partial charge is 0.216 e. The molecule has 1 aliphatic carbocycles. The van der Waals surface area contributed by atoms with Gasteiger partial charge < -0.3 is 15.0 Å². The Hall–Kier alpha value is -2.32.